The summed E-state index contributed by atoms with van der Waals surface area (Å²) < 4.78 is 4.91. The molecule has 10 heteroatoms. The number of rotatable bonds is 2. The zero-order valence-corrected chi connectivity index (χ0v) is 12.1. The van der Waals surface area contributed by atoms with Gasteiger partial charge in [0.05, 0.1) is 0 Å². The van der Waals surface area contributed by atoms with Crippen LogP contribution in [0.25, 0.3) is 0 Å². The van der Waals surface area contributed by atoms with E-state index < -0.39 is 0 Å². The molecule has 6 N–H and O–H groups in total. The molecule has 1 rings (SSSR count). The lowest BCUT2D eigenvalue weighted by Crippen LogP contribution is -2.51. The molecule has 1 fully saturated rings. The zero-order chi connectivity index (χ0) is 15.0. The van der Waals surface area contributed by atoms with Crippen LogP contribution >= 0.6 is 0 Å². The molecule has 1 aliphatic heterocycles. The highest BCUT2D eigenvalue weighted by molar-refractivity contribution is 6.26. The van der Waals surface area contributed by atoms with E-state index in [-0.39, 0.29) is 5.97 Å². The number of hydrogen-bond acceptors (Lipinski definition) is 9. The summed E-state index contributed by atoms with van der Waals surface area (Å²) in [6, 6.07) is 0. The molecule has 0 spiro atoms. The predicted octanol–water partition coefficient (Wildman–Crippen LogP) is -3.07. The van der Waals surface area contributed by atoms with Crippen molar-refractivity contribution in [2.75, 3.05) is 52.4 Å². The Bertz CT molecular complexity index is 279. The van der Waals surface area contributed by atoms with Crippen LogP contribution in [0.15, 0.2) is 0 Å². The normalized spacial score (nSPS) is 22.8. The minimum absolute atomic E-state index is 0.343. The monoisotopic (exact) mass is 286 g/mol. The van der Waals surface area contributed by atoms with Crippen LogP contribution in [0.1, 0.15) is 6.92 Å². The molecule has 0 amide bonds. The van der Waals surface area contributed by atoms with Crippen molar-refractivity contribution in [2.45, 2.75) is 6.92 Å². The fourth-order valence-electron chi connectivity index (χ4n) is 1.73. The van der Waals surface area contributed by atoms with Crippen LogP contribution in [-0.4, -0.2) is 85.8 Å². The van der Waals surface area contributed by atoms with Gasteiger partial charge < -0.3 is 9.47 Å². The first-order chi connectivity index (χ1) is 9.47. The maximum atomic E-state index is 10.9. The van der Waals surface area contributed by atoms with Gasteiger partial charge in [-0.1, -0.05) is 0 Å². The van der Waals surface area contributed by atoms with Crippen LogP contribution < -0.4 is 17.5 Å². The Morgan fingerprint density at radius 2 is 1.20 bits per heavy atom. The van der Waals surface area contributed by atoms with Crippen LogP contribution in [0.5, 0.6) is 0 Å². The van der Waals surface area contributed by atoms with Gasteiger partial charge in [-0.05, 0) is 0 Å². The molecule has 9 nitrogen and oxygen atoms in total. The maximum absolute atomic E-state index is 10.9. The lowest BCUT2D eigenvalue weighted by atomic mass is 10.2. The van der Waals surface area contributed by atoms with Crippen LogP contribution in [0.3, 0.4) is 0 Å². The van der Waals surface area contributed by atoms with Gasteiger partial charge in [0.15, 0.2) is 0 Å². The largest absolute Gasteiger partial charge is 0.522 e. The van der Waals surface area contributed by atoms with E-state index in [0.29, 0.717) is 52.4 Å². The fraction of sp³-hybridized carbons (Fsp3) is 0.900. The van der Waals surface area contributed by atoms with E-state index in [9.17, 15) is 4.79 Å². The summed E-state index contributed by atoms with van der Waals surface area (Å²) in [4.78, 5) is 12.8. The lowest BCUT2D eigenvalue weighted by molar-refractivity contribution is -0.132. The molecule has 0 saturated carbocycles. The topological polar surface area (TPSA) is 117 Å². The summed E-state index contributed by atoms with van der Waals surface area (Å²) in [5.41, 5.74) is 0. The van der Waals surface area contributed by atoms with Crippen molar-refractivity contribution in [3.05, 3.63) is 0 Å². The Labute approximate surface area is 120 Å². The molecule has 1 saturated heterocycles. The smallest absolute Gasteiger partial charge is 0.482 e. The highest BCUT2D eigenvalue weighted by Gasteiger charge is 2.15. The molecule has 1 aliphatic rings. The van der Waals surface area contributed by atoms with Crippen molar-refractivity contribution in [1.82, 2.24) is 19.8 Å². The van der Waals surface area contributed by atoms with Crippen LogP contribution in [0.4, 0.5) is 0 Å². The van der Waals surface area contributed by atoms with Gasteiger partial charge in [0, 0.05) is 59.3 Å². The Morgan fingerprint density at radius 3 is 1.55 bits per heavy atom. The van der Waals surface area contributed by atoms with Gasteiger partial charge in [0.1, 0.15) is 0 Å². The minimum atomic E-state index is -0.343. The van der Waals surface area contributed by atoms with Gasteiger partial charge in [0.25, 0.3) is 5.97 Å². The number of hydrogen-bond donors (Lipinski definition) is 3. The SMILES string of the molecule is CC(=O)O[B]N1CCN(N)CCN(N)CCN(N)CC1. The van der Waals surface area contributed by atoms with E-state index in [4.69, 9.17) is 22.2 Å². The molecule has 0 aromatic rings. The average Bonchev–Trinajstić information content (AvgIpc) is 2.40. The number of nitrogens with two attached hydrogens (primary N) is 3. The van der Waals surface area contributed by atoms with Crippen LogP contribution in [0, 0.1) is 0 Å². The molecule has 0 atom stereocenters. The van der Waals surface area contributed by atoms with Gasteiger partial charge in [-0.25, -0.2) is 15.0 Å². The second kappa shape index (κ2) is 9.24. The van der Waals surface area contributed by atoms with E-state index >= 15 is 0 Å². The highest BCUT2D eigenvalue weighted by Crippen LogP contribution is 1.93. The molecule has 0 aromatic carbocycles. The van der Waals surface area contributed by atoms with E-state index in [2.05, 4.69) is 0 Å². The Balaban J connectivity index is 2.48. The second-order valence-corrected chi connectivity index (χ2v) is 4.86. The number of nitrogens with zero attached hydrogens (tertiary/aromatic N) is 4. The first-order valence-electron chi connectivity index (χ1n) is 6.71. The van der Waals surface area contributed by atoms with Gasteiger partial charge in [0.2, 0.25) is 0 Å². The molecule has 0 bridgehead atoms. The third-order valence-corrected chi connectivity index (χ3v) is 3.07. The fourth-order valence-corrected chi connectivity index (χ4v) is 1.73. The van der Waals surface area contributed by atoms with Gasteiger partial charge in [-0.15, -0.1) is 0 Å². The molecular weight excluding hydrogens is 261 g/mol. The van der Waals surface area contributed by atoms with Crippen molar-refractivity contribution in [3.63, 3.8) is 0 Å². The molecule has 115 valence electrons. The predicted molar refractivity (Wildman–Crippen MR) is 76.4 cm³/mol. The molecule has 1 heterocycles. The first kappa shape index (κ1) is 17.3. The zero-order valence-electron chi connectivity index (χ0n) is 12.1. The van der Waals surface area contributed by atoms with Crippen molar-refractivity contribution >= 4 is 13.6 Å². The molecule has 0 aliphatic carbocycles. The number of carbonyl (C=O) groups is 1. The molecule has 0 unspecified atom stereocenters. The summed E-state index contributed by atoms with van der Waals surface area (Å²) in [5.74, 6) is 17.3. The highest BCUT2D eigenvalue weighted by atomic mass is 16.5. The molecule has 0 aromatic heterocycles. The Kier molecular flexibility index (Phi) is 7.99. The van der Waals surface area contributed by atoms with E-state index in [1.54, 1.807) is 15.0 Å². The maximum Gasteiger partial charge on any atom is 0.482 e. The second-order valence-electron chi connectivity index (χ2n) is 4.86. The van der Waals surface area contributed by atoms with Crippen LogP contribution in [-0.2, 0) is 9.45 Å². The number of carbonyl (C=O) groups excluding carboxylic acids is 1. The summed E-state index contributed by atoms with van der Waals surface area (Å²) in [6.07, 6.45) is 0. The van der Waals surface area contributed by atoms with Crippen molar-refractivity contribution in [2.24, 2.45) is 17.5 Å². The third kappa shape index (κ3) is 7.75. The first-order valence-corrected chi connectivity index (χ1v) is 6.71. The summed E-state index contributed by atoms with van der Waals surface area (Å²) in [7, 11) is 1.44. The molecular formula is C10H25BN7O2. The lowest BCUT2D eigenvalue weighted by Gasteiger charge is -2.29. The van der Waals surface area contributed by atoms with Gasteiger partial charge in [-0.2, -0.15) is 0 Å². The van der Waals surface area contributed by atoms with E-state index in [0.717, 1.165) is 0 Å². The summed E-state index contributed by atoms with van der Waals surface area (Å²) in [5, 5.41) is 5.12. The summed E-state index contributed by atoms with van der Waals surface area (Å²) >= 11 is 0. The van der Waals surface area contributed by atoms with Crippen LogP contribution in [0.2, 0.25) is 0 Å². The van der Waals surface area contributed by atoms with Crippen molar-refractivity contribution in [3.8, 4) is 0 Å². The Morgan fingerprint density at radius 1 is 0.850 bits per heavy atom. The van der Waals surface area contributed by atoms with Gasteiger partial charge >= 0.3 is 7.62 Å². The quantitative estimate of drug-likeness (QED) is 0.359. The molecule has 20 heavy (non-hydrogen) atoms. The van der Waals surface area contributed by atoms with Crippen molar-refractivity contribution < 1.29 is 9.45 Å². The standard InChI is InChI=1S/C10H25BN7O2/c1-10(19)20-11-15-2-4-16(12)6-8-18(14)9-7-17(13)5-3-15/h2-9,12-14H2,1H3. The van der Waals surface area contributed by atoms with E-state index in [1.165, 1.54) is 14.5 Å². The Hall–Kier alpha value is -0.745. The van der Waals surface area contributed by atoms with Crippen molar-refractivity contribution in [1.29, 1.82) is 0 Å². The van der Waals surface area contributed by atoms with E-state index in [1.807, 2.05) is 4.81 Å². The van der Waals surface area contributed by atoms with Gasteiger partial charge in [-0.3, -0.25) is 22.3 Å². The minimum Gasteiger partial charge on any atom is -0.522 e. The number of hydrazine groups is 3. The average molecular weight is 286 g/mol. The third-order valence-electron chi connectivity index (χ3n) is 3.07. The molecule has 1 radical (unpaired) electrons. The summed E-state index contributed by atoms with van der Waals surface area (Å²) in [6.45, 7) is 6.67.